The van der Waals surface area contributed by atoms with E-state index in [1.807, 2.05) is 39.0 Å². The van der Waals surface area contributed by atoms with Crippen molar-refractivity contribution in [3.05, 3.63) is 47.5 Å². The molecule has 2 amide bonds. The fraction of sp³-hybridized carbons (Fsp3) is 0.400. The molecule has 0 unspecified atom stereocenters. The van der Waals surface area contributed by atoms with Gasteiger partial charge in [-0.25, -0.2) is 0 Å². The molecule has 0 saturated carbocycles. The van der Waals surface area contributed by atoms with E-state index in [0.29, 0.717) is 43.5 Å². The number of ether oxygens (including phenoxy) is 2. The zero-order valence-corrected chi connectivity index (χ0v) is 19.4. The van der Waals surface area contributed by atoms with E-state index in [4.69, 9.17) is 14.7 Å². The van der Waals surface area contributed by atoms with Crippen LogP contribution in [0.4, 0.5) is 11.4 Å². The predicted octanol–water partition coefficient (Wildman–Crippen LogP) is 3.28. The zero-order chi connectivity index (χ0) is 23.8. The van der Waals surface area contributed by atoms with Crippen LogP contribution in [0, 0.1) is 25.2 Å². The van der Waals surface area contributed by atoms with E-state index in [0.717, 1.165) is 16.8 Å². The standard InChI is InChI=1S/C25H30N4O4/c1-4-28(16-24(30)27-20-6-7-22-23(15-20)33-11-10-32-22)17-25(31)29(9-5-8-26)21-13-18(2)12-19(3)14-21/h6-7,12-15H,4-5,9-11,16-17H2,1-3H3,(H,27,30). The Morgan fingerprint density at radius 3 is 2.39 bits per heavy atom. The Kier molecular flexibility index (Phi) is 8.28. The number of nitrogens with one attached hydrogen (secondary N) is 1. The summed E-state index contributed by atoms with van der Waals surface area (Å²) in [5, 5.41) is 11.9. The van der Waals surface area contributed by atoms with Gasteiger partial charge in [0.05, 0.1) is 25.6 Å². The summed E-state index contributed by atoms with van der Waals surface area (Å²) in [6.07, 6.45) is 0.232. The van der Waals surface area contributed by atoms with E-state index in [1.54, 1.807) is 28.0 Å². The monoisotopic (exact) mass is 450 g/mol. The van der Waals surface area contributed by atoms with Crippen LogP contribution in [0.1, 0.15) is 24.5 Å². The third-order valence-electron chi connectivity index (χ3n) is 5.27. The van der Waals surface area contributed by atoms with Crippen molar-refractivity contribution < 1.29 is 19.1 Å². The number of fused-ring (bicyclic) bond motifs is 1. The number of hydrogen-bond acceptors (Lipinski definition) is 6. The number of nitriles is 1. The Morgan fingerprint density at radius 2 is 1.73 bits per heavy atom. The van der Waals surface area contributed by atoms with Gasteiger partial charge in [-0.1, -0.05) is 13.0 Å². The average molecular weight is 451 g/mol. The molecule has 0 bridgehead atoms. The molecule has 0 fully saturated rings. The fourth-order valence-corrected chi connectivity index (χ4v) is 3.75. The molecule has 1 aliphatic rings. The first-order valence-electron chi connectivity index (χ1n) is 11.1. The van der Waals surface area contributed by atoms with Gasteiger partial charge in [-0.3, -0.25) is 14.5 Å². The smallest absolute Gasteiger partial charge is 0.241 e. The van der Waals surface area contributed by atoms with Gasteiger partial charge in [-0.2, -0.15) is 5.26 Å². The zero-order valence-electron chi connectivity index (χ0n) is 19.4. The molecule has 8 nitrogen and oxygen atoms in total. The lowest BCUT2D eigenvalue weighted by atomic mass is 10.1. The van der Waals surface area contributed by atoms with Gasteiger partial charge >= 0.3 is 0 Å². The Hall–Kier alpha value is -3.57. The van der Waals surface area contributed by atoms with Crippen LogP contribution < -0.4 is 19.7 Å². The van der Waals surface area contributed by atoms with Crippen LogP contribution in [0.15, 0.2) is 36.4 Å². The van der Waals surface area contributed by atoms with Crippen LogP contribution in [-0.2, 0) is 9.59 Å². The maximum absolute atomic E-state index is 13.2. The van der Waals surface area contributed by atoms with Gasteiger partial charge in [0.1, 0.15) is 13.2 Å². The minimum atomic E-state index is -0.226. The molecule has 2 aromatic rings. The van der Waals surface area contributed by atoms with Crippen molar-refractivity contribution in [3.63, 3.8) is 0 Å². The van der Waals surface area contributed by atoms with Crippen LogP contribution in [0.3, 0.4) is 0 Å². The van der Waals surface area contributed by atoms with Crippen LogP contribution in [0.2, 0.25) is 0 Å². The second kappa shape index (κ2) is 11.3. The van der Waals surface area contributed by atoms with Crippen molar-refractivity contribution in [2.75, 3.05) is 49.6 Å². The van der Waals surface area contributed by atoms with Gasteiger partial charge in [0.25, 0.3) is 0 Å². The predicted molar refractivity (Wildman–Crippen MR) is 127 cm³/mol. The summed E-state index contributed by atoms with van der Waals surface area (Å²) >= 11 is 0. The van der Waals surface area contributed by atoms with E-state index in [-0.39, 0.29) is 31.3 Å². The van der Waals surface area contributed by atoms with Crippen molar-refractivity contribution in [1.29, 1.82) is 5.26 Å². The highest BCUT2D eigenvalue weighted by Gasteiger charge is 2.21. The van der Waals surface area contributed by atoms with Gasteiger partial charge in [0.2, 0.25) is 11.8 Å². The summed E-state index contributed by atoms with van der Waals surface area (Å²) < 4.78 is 11.1. The highest BCUT2D eigenvalue weighted by atomic mass is 16.6. The second-order valence-electron chi connectivity index (χ2n) is 8.01. The molecule has 0 atom stereocenters. The van der Waals surface area contributed by atoms with E-state index in [9.17, 15) is 9.59 Å². The van der Waals surface area contributed by atoms with Gasteiger partial charge in [-0.05, 0) is 55.8 Å². The van der Waals surface area contributed by atoms with Crippen LogP contribution in [0.5, 0.6) is 11.5 Å². The lowest BCUT2D eigenvalue weighted by Crippen LogP contribution is -2.43. The number of rotatable bonds is 9. The summed E-state index contributed by atoms with van der Waals surface area (Å²) in [6.45, 7) is 7.80. The molecule has 0 saturated heterocycles. The molecule has 2 aromatic carbocycles. The van der Waals surface area contributed by atoms with Gasteiger partial charge < -0.3 is 19.7 Å². The highest BCUT2D eigenvalue weighted by Crippen LogP contribution is 2.32. The Bertz CT molecular complexity index is 1030. The molecule has 8 heteroatoms. The molecule has 0 radical (unpaired) electrons. The minimum Gasteiger partial charge on any atom is -0.486 e. The molecular formula is C25H30N4O4. The van der Waals surface area contributed by atoms with Gasteiger partial charge in [-0.15, -0.1) is 0 Å². The number of likely N-dealkylation sites (N-methyl/N-ethyl adjacent to an activating group) is 1. The number of nitrogens with zero attached hydrogens (tertiary/aromatic N) is 3. The SMILES string of the molecule is CCN(CC(=O)Nc1ccc2c(c1)OCCO2)CC(=O)N(CCC#N)c1cc(C)cc(C)c1. The highest BCUT2D eigenvalue weighted by molar-refractivity contribution is 5.96. The Labute approximate surface area is 194 Å². The summed E-state index contributed by atoms with van der Waals surface area (Å²) in [7, 11) is 0. The largest absolute Gasteiger partial charge is 0.486 e. The Morgan fingerprint density at radius 1 is 1.03 bits per heavy atom. The summed E-state index contributed by atoms with van der Waals surface area (Å²) in [5.41, 5.74) is 3.47. The van der Waals surface area contributed by atoms with Gasteiger partial charge in [0.15, 0.2) is 11.5 Å². The number of amides is 2. The molecule has 0 aliphatic carbocycles. The minimum absolute atomic E-state index is 0.0651. The second-order valence-corrected chi connectivity index (χ2v) is 8.01. The quantitative estimate of drug-likeness (QED) is 0.630. The first-order chi connectivity index (χ1) is 15.9. The average Bonchev–Trinajstić information content (AvgIpc) is 2.78. The molecular weight excluding hydrogens is 420 g/mol. The number of hydrogen-bond donors (Lipinski definition) is 1. The molecule has 3 rings (SSSR count). The van der Waals surface area contributed by atoms with Crippen molar-refractivity contribution in [2.45, 2.75) is 27.2 Å². The third kappa shape index (κ3) is 6.70. The Balaban J connectivity index is 1.64. The number of anilines is 2. The number of benzene rings is 2. The van der Waals surface area contributed by atoms with Crippen molar-refractivity contribution >= 4 is 23.2 Å². The van der Waals surface area contributed by atoms with E-state index < -0.39 is 0 Å². The normalized spacial score (nSPS) is 12.2. The topological polar surface area (TPSA) is 94.9 Å². The first-order valence-corrected chi connectivity index (χ1v) is 11.1. The van der Waals surface area contributed by atoms with Crippen LogP contribution in [0.25, 0.3) is 0 Å². The van der Waals surface area contributed by atoms with E-state index in [1.165, 1.54) is 0 Å². The lowest BCUT2D eigenvalue weighted by molar-refractivity contribution is -0.121. The number of carbonyl (C=O) groups is 2. The molecule has 1 heterocycles. The molecule has 0 spiro atoms. The first kappa shape index (κ1) is 24.1. The summed E-state index contributed by atoms with van der Waals surface area (Å²) in [4.78, 5) is 29.2. The number of carbonyl (C=O) groups excluding carboxylic acids is 2. The maximum Gasteiger partial charge on any atom is 0.241 e. The fourth-order valence-electron chi connectivity index (χ4n) is 3.75. The molecule has 1 aliphatic heterocycles. The molecule has 0 aromatic heterocycles. The molecule has 174 valence electrons. The van der Waals surface area contributed by atoms with Crippen molar-refractivity contribution in [3.8, 4) is 17.6 Å². The van der Waals surface area contributed by atoms with E-state index in [2.05, 4.69) is 11.4 Å². The maximum atomic E-state index is 13.2. The number of aryl methyl sites for hydroxylation is 2. The van der Waals surface area contributed by atoms with Crippen LogP contribution in [-0.4, -0.2) is 56.1 Å². The lowest BCUT2D eigenvalue weighted by Gasteiger charge is -2.27. The third-order valence-corrected chi connectivity index (χ3v) is 5.27. The van der Waals surface area contributed by atoms with Crippen molar-refractivity contribution in [1.82, 2.24) is 4.90 Å². The van der Waals surface area contributed by atoms with E-state index >= 15 is 0 Å². The van der Waals surface area contributed by atoms with Crippen LogP contribution >= 0.6 is 0 Å². The molecule has 33 heavy (non-hydrogen) atoms. The van der Waals surface area contributed by atoms with Gasteiger partial charge in [0, 0.05) is 24.0 Å². The summed E-state index contributed by atoms with van der Waals surface area (Å²) in [5.74, 6) is 0.882. The summed E-state index contributed by atoms with van der Waals surface area (Å²) in [6, 6.07) is 13.3. The molecule has 1 N–H and O–H groups in total. The van der Waals surface area contributed by atoms with Crippen molar-refractivity contribution in [2.24, 2.45) is 0 Å².